The van der Waals surface area contributed by atoms with Crippen LogP contribution in [0, 0.1) is 10.8 Å². The number of nitroso groups, excluding NO2 is 1. The van der Waals surface area contributed by atoms with Crippen LogP contribution in [0.4, 0.5) is 5.69 Å². The van der Waals surface area contributed by atoms with E-state index in [1.165, 1.54) is 12.3 Å². The quantitative estimate of drug-likeness (QED) is 0.805. The van der Waals surface area contributed by atoms with Gasteiger partial charge in [-0.15, -0.1) is 4.91 Å². The van der Waals surface area contributed by atoms with Gasteiger partial charge in [-0.25, -0.2) is 0 Å². The molecule has 0 fully saturated rings. The largest absolute Gasteiger partial charge is 0.497 e. The van der Waals surface area contributed by atoms with Gasteiger partial charge in [-0.05, 0) is 24.3 Å². The predicted molar refractivity (Wildman–Crippen MR) is 89.3 cm³/mol. The topological polar surface area (TPSA) is 73.0 Å². The molecule has 1 atom stereocenters. The summed E-state index contributed by atoms with van der Waals surface area (Å²) in [6.07, 6.45) is 12.5. The van der Waals surface area contributed by atoms with E-state index in [0.29, 0.717) is 5.76 Å². The minimum Gasteiger partial charge on any atom is -0.497 e. The summed E-state index contributed by atoms with van der Waals surface area (Å²) in [5.74, 6) is 0.640. The molecule has 0 aromatic carbocycles. The van der Waals surface area contributed by atoms with Crippen LogP contribution in [0.2, 0.25) is 0 Å². The predicted octanol–water partition coefficient (Wildman–Crippen LogP) is 3.16. The number of allylic oxidation sites excluding steroid dienone is 6. The molecule has 0 bridgehead atoms. The van der Waals surface area contributed by atoms with E-state index in [2.05, 4.69) is 16.2 Å². The monoisotopic (exact) mass is 309 g/mol. The number of aliphatic imine (C=N–C) groups is 1. The average molecular weight is 309 g/mol. The molecule has 0 saturated heterocycles. The van der Waals surface area contributed by atoms with Crippen LogP contribution < -0.4 is 5.43 Å². The van der Waals surface area contributed by atoms with Gasteiger partial charge in [0.2, 0.25) is 5.43 Å². The van der Waals surface area contributed by atoms with Crippen molar-refractivity contribution in [1.29, 1.82) is 0 Å². The highest BCUT2D eigenvalue weighted by molar-refractivity contribution is 6.22. The van der Waals surface area contributed by atoms with E-state index < -0.39 is 5.43 Å². The summed E-state index contributed by atoms with van der Waals surface area (Å²) >= 11 is 0. The molecule has 6 heteroatoms. The molecule has 6 nitrogen and oxygen atoms in total. The minimum atomic E-state index is -0.412. The standard InChI is InChI=1S/C17H15N3O3/c1-11-3-5-18-17-12(7-11)8-13(23-2)9-15(17)20-6-4-16(21)14(10-20)19-22/h3-10,12H,1-2H3. The Labute approximate surface area is 132 Å². The zero-order valence-electron chi connectivity index (χ0n) is 12.8. The van der Waals surface area contributed by atoms with Crippen LogP contribution >= 0.6 is 0 Å². The Bertz CT molecular complexity index is 869. The first-order valence-corrected chi connectivity index (χ1v) is 7.09. The molecular formula is C17H15N3O3. The van der Waals surface area contributed by atoms with Gasteiger partial charge in [-0.3, -0.25) is 9.79 Å². The van der Waals surface area contributed by atoms with Gasteiger partial charge >= 0.3 is 0 Å². The molecule has 3 rings (SSSR count). The van der Waals surface area contributed by atoms with Crippen molar-refractivity contribution in [3.63, 3.8) is 0 Å². The Balaban J connectivity index is 2.16. The fourth-order valence-corrected chi connectivity index (χ4v) is 2.56. The van der Waals surface area contributed by atoms with Crippen molar-refractivity contribution in [1.82, 2.24) is 4.57 Å². The minimum absolute atomic E-state index is 0.0491. The van der Waals surface area contributed by atoms with Crippen LogP contribution in [0.5, 0.6) is 0 Å². The summed E-state index contributed by atoms with van der Waals surface area (Å²) < 4.78 is 7.03. The Hall–Kier alpha value is -3.02. The number of hydrogen-bond donors (Lipinski definition) is 0. The van der Waals surface area contributed by atoms with Crippen molar-refractivity contribution < 1.29 is 4.74 Å². The zero-order chi connectivity index (χ0) is 16.4. The highest BCUT2D eigenvalue weighted by Crippen LogP contribution is 2.28. The molecule has 0 N–H and O–H groups in total. The number of hydrogen-bond acceptors (Lipinski definition) is 5. The third kappa shape index (κ3) is 2.83. The number of nitrogens with zero attached hydrogens (tertiary/aromatic N) is 3. The third-order valence-electron chi connectivity index (χ3n) is 3.71. The molecule has 0 radical (unpaired) electrons. The first-order chi connectivity index (χ1) is 11.1. The maximum atomic E-state index is 11.6. The first-order valence-electron chi connectivity index (χ1n) is 7.09. The number of aromatic nitrogens is 1. The Morgan fingerprint density at radius 1 is 1.35 bits per heavy atom. The lowest BCUT2D eigenvalue weighted by molar-refractivity contribution is 0.304. The Kier molecular flexibility index (Phi) is 3.89. The molecule has 2 heterocycles. The lowest BCUT2D eigenvalue weighted by Crippen LogP contribution is -2.21. The fraction of sp³-hybridized carbons (Fsp3) is 0.176. The summed E-state index contributed by atoms with van der Waals surface area (Å²) in [5.41, 5.74) is 2.08. The molecule has 23 heavy (non-hydrogen) atoms. The van der Waals surface area contributed by atoms with E-state index in [1.807, 2.05) is 25.2 Å². The van der Waals surface area contributed by atoms with Crippen molar-refractivity contribution in [3.05, 3.63) is 75.4 Å². The maximum absolute atomic E-state index is 11.6. The van der Waals surface area contributed by atoms with Crippen molar-refractivity contribution in [2.24, 2.45) is 16.1 Å². The van der Waals surface area contributed by atoms with E-state index in [4.69, 9.17) is 4.74 Å². The molecule has 1 aromatic rings. The van der Waals surface area contributed by atoms with Crippen molar-refractivity contribution >= 4 is 17.1 Å². The van der Waals surface area contributed by atoms with Crippen LogP contribution in [0.1, 0.15) is 6.92 Å². The summed E-state index contributed by atoms with van der Waals surface area (Å²) in [6, 6.07) is 1.31. The van der Waals surface area contributed by atoms with Crippen LogP contribution in [0.25, 0.3) is 5.70 Å². The summed E-state index contributed by atoms with van der Waals surface area (Å²) in [4.78, 5) is 26.9. The van der Waals surface area contributed by atoms with E-state index >= 15 is 0 Å². The van der Waals surface area contributed by atoms with Crippen molar-refractivity contribution in [2.45, 2.75) is 6.92 Å². The molecule has 0 saturated carbocycles. The highest BCUT2D eigenvalue weighted by Gasteiger charge is 2.24. The second-order valence-corrected chi connectivity index (χ2v) is 5.26. The molecule has 1 aliphatic heterocycles. The maximum Gasteiger partial charge on any atom is 0.210 e. The highest BCUT2D eigenvalue weighted by atomic mass is 16.5. The second-order valence-electron chi connectivity index (χ2n) is 5.26. The molecule has 0 spiro atoms. The van der Waals surface area contributed by atoms with E-state index in [-0.39, 0.29) is 11.6 Å². The molecule has 1 aromatic heterocycles. The number of rotatable bonds is 3. The normalized spacial score (nSPS) is 19.7. The van der Waals surface area contributed by atoms with E-state index in [1.54, 1.807) is 24.1 Å². The summed E-state index contributed by atoms with van der Waals surface area (Å²) in [6.45, 7) is 2.00. The summed E-state index contributed by atoms with van der Waals surface area (Å²) in [5, 5.41) is 2.78. The number of fused-ring (bicyclic) bond motifs is 1. The Morgan fingerprint density at radius 2 is 2.17 bits per heavy atom. The Morgan fingerprint density at radius 3 is 2.91 bits per heavy atom. The average Bonchev–Trinajstić information content (AvgIpc) is 2.74. The summed E-state index contributed by atoms with van der Waals surface area (Å²) in [7, 11) is 1.59. The SMILES string of the molecule is COC1=CC2C=C(C)C=CN=C2C(n2ccc(=O)c(N=O)c2)=C1. The number of pyridine rings is 1. The van der Waals surface area contributed by atoms with Gasteiger partial charge in [0, 0.05) is 36.7 Å². The number of methoxy groups -OCH3 is 1. The molecule has 2 aliphatic rings. The van der Waals surface area contributed by atoms with Gasteiger partial charge in [0.05, 0.1) is 18.5 Å². The molecule has 1 aliphatic carbocycles. The van der Waals surface area contributed by atoms with Crippen LogP contribution in [0.15, 0.2) is 75.3 Å². The first kappa shape index (κ1) is 14.9. The fourth-order valence-electron chi connectivity index (χ4n) is 2.56. The lowest BCUT2D eigenvalue weighted by atomic mass is 9.93. The smallest absolute Gasteiger partial charge is 0.210 e. The van der Waals surface area contributed by atoms with E-state index in [0.717, 1.165) is 17.0 Å². The molecule has 0 amide bonds. The van der Waals surface area contributed by atoms with Crippen molar-refractivity contribution in [3.8, 4) is 0 Å². The van der Waals surface area contributed by atoms with Gasteiger partial charge in [-0.1, -0.05) is 11.6 Å². The third-order valence-corrected chi connectivity index (χ3v) is 3.71. The van der Waals surface area contributed by atoms with Gasteiger partial charge in [0.15, 0.2) is 5.69 Å². The van der Waals surface area contributed by atoms with Crippen molar-refractivity contribution in [2.75, 3.05) is 7.11 Å². The zero-order valence-corrected chi connectivity index (χ0v) is 12.8. The number of ether oxygens (including phenoxy) is 1. The van der Waals surface area contributed by atoms with Gasteiger partial charge in [0.1, 0.15) is 5.76 Å². The van der Waals surface area contributed by atoms with Crippen LogP contribution in [-0.4, -0.2) is 17.4 Å². The molecular weight excluding hydrogens is 294 g/mol. The van der Waals surface area contributed by atoms with E-state index in [9.17, 15) is 9.70 Å². The second kappa shape index (κ2) is 6.00. The van der Waals surface area contributed by atoms with Gasteiger partial charge in [-0.2, -0.15) is 0 Å². The lowest BCUT2D eigenvalue weighted by Gasteiger charge is -2.22. The molecule has 116 valence electrons. The van der Waals surface area contributed by atoms with Crippen LogP contribution in [-0.2, 0) is 4.74 Å². The van der Waals surface area contributed by atoms with Gasteiger partial charge < -0.3 is 9.30 Å². The van der Waals surface area contributed by atoms with Crippen LogP contribution in [0.3, 0.4) is 0 Å². The molecule has 1 unspecified atom stereocenters. The van der Waals surface area contributed by atoms with Gasteiger partial charge in [0.25, 0.3) is 0 Å².